The quantitative estimate of drug-likeness (QED) is 0.741. The predicted octanol–water partition coefficient (Wildman–Crippen LogP) is 1.13. The molecule has 0 aromatic carbocycles. The first-order valence-electron chi connectivity index (χ1n) is 4.61. The fraction of sp³-hybridized carbons (Fsp3) is 0.500. The van der Waals surface area contributed by atoms with Crippen LogP contribution in [0.3, 0.4) is 0 Å². The maximum atomic E-state index is 8.82. The zero-order chi connectivity index (χ0) is 10.4. The van der Waals surface area contributed by atoms with Gasteiger partial charge in [-0.1, -0.05) is 6.92 Å². The van der Waals surface area contributed by atoms with Gasteiger partial charge in [-0.3, -0.25) is 0 Å². The first-order chi connectivity index (χ1) is 6.76. The van der Waals surface area contributed by atoms with Crippen LogP contribution in [0.1, 0.15) is 6.92 Å². The minimum atomic E-state index is 0.191. The molecule has 2 N–H and O–H groups in total. The van der Waals surface area contributed by atoms with Crippen molar-refractivity contribution < 1.29 is 9.84 Å². The highest BCUT2D eigenvalue weighted by Crippen LogP contribution is 2.11. The van der Waals surface area contributed by atoms with E-state index < -0.39 is 0 Å². The molecule has 4 heteroatoms. The number of ether oxygens (including phenoxy) is 1. The monoisotopic (exact) mass is 196 g/mol. The predicted molar refractivity (Wildman–Crippen MR) is 55.5 cm³/mol. The van der Waals surface area contributed by atoms with Crippen LogP contribution in [0.25, 0.3) is 0 Å². The molecule has 0 aliphatic rings. The molecular weight excluding hydrogens is 180 g/mol. The van der Waals surface area contributed by atoms with Crippen LogP contribution in [0.5, 0.6) is 5.88 Å². The van der Waals surface area contributed by atoms with Crippen molar-refractivity contribution in [2.75, 3.05) is 25.6 Å². The highest BCUT2D eigenvalue weighted by atomic mass is 16.5. The van der Waals surface area contributed by atoms with Gasteiger partial charge in [0.2, 0.25) is 5.88 Å². The number of aromatic nitrogens is 1. The van der Waals surface area contributed by atoms with E-state index in [4.69, 9.17) is 9.84 Å². The molecule has 0 saturated carbocycles. The summed E-state index contributed by atoms with van der Waals surface area (Å²) in [5, 5.41) is 12.0. The number of anilines is 1. The van der Waals surface area contributed by atoms with Gasteiger partial charge in [-0.2, -0.15) is 0 Å². The van der Waals surface area contributed by atoms with Gasteiger partial charge >= 0.3 is 0 Å². The Kier molecular flexibility index (Phi) is 4.19. The summed E-state index contributed by atoms with van der Waals surface area (Å²) in [6.07, 6.45) is 1.71. The zero-order valence-corrected chi connectivity index (χ0v) is 8.53. The minimum absolute atomic E-state index is 0.191. The van der Waals surface area contributed by atoms with E-state index in [1.807, 2.05) is 13.0 Å². The number of pyridine rings is 1. The van der Waals surface area contributed by atoms with Crippen LogP contribution in [0.4, 0.5) is 5.69 Å². The second-order valence-electron chi connectivity index (χ2n) is 3.26. The molecule has 1 heterocycles. The standard InChI is InChI=1S/C10H16N2O2/c1-8(7-13)5-11-9-3-4-10(14-2)12-6-9/h3-4,6,8,11,13H,5,7H2,1-2H3. The van der Waals surface area contributed by atoms with Gasteiger partial charge in [0.15, 0.2) is 0 Å². The first-order valence-corrected chi connectivity index (χ1v) is 4.61. The van der Waals surface area contributed by atoms with Crippen LogP contribution >= 0.6 is 0 Å². The molecule has 0 aliphatic carbocycles. The molecule has 0 fully saturated rings. The van der Waals surface area contributed by atoms with Crippen molar-refractivity contribution >= 4 is 5.69 Å². The number of aliphatic hydroxyl groups is 1. The second-order valence-corrected chi connectivity index (χ2v) is 3.26. The van der Waals surface area contributed by atoms with Gasteiger partial charge in [0.1, 0.15) is 0 Å². The minimum Gasteiger partial charge on any atom is -0.481 e. The largest absolute Gasteiger partial charge is 0.481 e. The summed E-state index contributed by atoms with van der Waals surface area (Å²) in [6.45, 7) is 2.91. The van der Waals surface area contributed by atoms with Gasteiger partial charge < -0.3 is 15.2 Å². The van der Waals surface area contributed by atoms with E-state index in [0.717, 1.165) is 12.2 Å². The molecule has 1 aromatic heterocycles. The smallest absolute Gasteiger partial charge is 0.213 e. The number of methoxy groups -OCH3 is 1. The molecule has 1 rings (SSSR count). The summed E-state index contributed by atoms with van der Waals surface area (Å²) in [7, 11) is 1.59. The summed E-state index contributed by atoms with van der Waals surface area (Å²) in [5.41, 5.74) is 0.936. The normalized spacial score (nSPS) is 12.2. The van der Waals surface area contributed by atoms with E-state index in [1.54, 1.807) is 19.4 Å². The molecule has 0 radical (unpaired) electrons. The first kappa shape index (κ1) is 10.8. The maximum absolute atomic E-state index is 8.82. The maximum Gasteiger partial charge on any atom is 0.213 e. The van der Waals surface area contributed by atoms with Crippen molar-refractivity contribution in [2.45, 2.75) is 6.92 Å². The number of aliphatic hydroxyl groups excluding tert-OH is 1. The SMILES string of the molecule is COc1ccc(NCC(C)CO)cn1. The number of nitrogens with zero attached hydrogens (tertiary/aromatic N) is 1. The summed E-state index contributed by atoms with van der Waals surface area (Å²) in [6, 6.07) is 3.70. The molecule has 0 spiro atoms. The lowest BCUT2D eigenvalue weighted by atomic mass is 10.2. The lowest BCUT2D eigenvalue weighted by Gasteiger charge is -2.10. The van der Waals surface area contributed by atoms with Crippen molar-refractivity contribution in [3.05, 3.63) is 18.3 Å². The molecule has 0 saturated heterocycles. The Hall–Kier alpha value is -1.29. The molecule has 1 aromatic rings. The van der Waals surface area contributed by atoms with Gasteiger partial charge in [-0.05, 0) is 12.0 Å². The number of hydrogen-bond acceptors (Lipinski definition) is 4. The number of nitrogens with one attached hydrogen (secondary N) is 1. The third kappa shape index (κ3) is 3.22. The van der Waals surface area contributed by atoms with E-state index in [0.29, 0.717) is 5.88 Å². The Morgan fingerprint density at radius 1 is 1.57 bits per heavy atom. The van der Waals surface area contributed by atoms with E-state index >= 15 is 0 Å². The average molecular weight is 196 g/mol. The topological polar surface area (TPSA) is 54.4 Å². The van der Waals surface area contributed by atoms with E-state index in [9.17, 15) is 0 Å². The van der Waals surface area contributed by atoms with E-state index in [-0.39, 0.29) is 12.5 Å². The highest BCUT2D eigenvalue weighted by Gasteiger charge is 1.99. The fourth-order valence-corrected chi connectivity index (χ4v) is 0.962. The zero-order valence-electron chi connectivity index (χ0n) is 8.53. The molecule has 4 nitrogen and oxygen atoms in total. The Morgan fingerprint density at radius 3 is 2.86 bits per heavy atom. The van der Waals surface area contributed by atoms with Crippen molar-refractivity contribution in [1.82, 2.24) is 4.98 Å². The summed E-state index contributed by atoms with van der Waals surface area (Å²) < 4.78 is 4.94. The Morgan fingerprint density at radius 2 is 2.36 bits per heavy atom. The lowest BCUT2D eigenvalue weighted by molar-refractivity contribution is 0.244. The highest BCUT2D eigenvalue weighted by molar-refractivity contribution is 5.41. The molecule has 1 unspecified atom stereocenters. The molecule has 14 heavy (non-hydrogen) atoms. The average Bonchev–Trinajstić information content (AvgIpc) is 2.26. The van der Waals surface area contributed by atoms with Crippen LogP contribution in [0, 0.1) is 5.92 Å². The van der Waals surface area contributed by atoms with Crippen molar-refractivity contribution in [3.8, 4) is 5.88 Å². The molecule has 0 aliphatic heterocycles. The number of hydrogen-bond donors (Lipinski definition) is 2. The second kappa shape index (κ2) is 5.44. The van der Waals surface area contributed by atoms with Crippen LogP contribution in [-0.2, 0) is 0 Å². The van der Waals surface area contributed by atoms with Crippen molar-refractivity contribution in [2.24, 2.45) is 5.92 Å². The van der Waals surface area contributed by atoms with E-state index in [1.165, 1.54) is 0 Å². The third-order valence-corrected chi connectivity index (χ3v) is 1.91. The summed E-state index contributed by atoms with van der Waals surface area (Å²) in [5.74, 6) is 0.850. The Bertz CT molecular complexity index is 261. The third-order valence-electron chi connectivity index (χ3n) is 1.91. The molecule has 0 amide bonds. The van der Waals surface area contributed by atoms with Crippen molar-refractivity contribution in [3.63, 3.8) is 0 Å². The molecule has 0 bridgehead atoms. The van der Waals surface area contributed by atoms with Crippen molar-refractivity contribution in [1.29, 1.82) is 0 Å². The van der Waals surface area contributed by atoms with Gasteiger partial charge in [-0.25, -0.2) is 4.98 Å². The van der Waals surface area contributed by atoms with Crippen LogP contribution in [-0.4, -0.2) is 30.4 Å². The fourth-order valence-electron chi connectivity index (χ4n) is 0.962. The summed E-state index contributed by atoms with van der Waals surface area (Å²) in [4.78, 5) is 4.05. The van der Waals surface area contributed by atoms with Gasteiger partial charge in [0, 0.05) is 19.2 Å². The Balaban J connectivity index is 2.43. The lowest BCUT2D eigenvalue weighted by Crippen LogP contribution is -2.14. The van der Waals surface area contributed by atoms with Gasteiger partial charge in [0.25, 0.3) is 0 Å². The van der Waals surface area contributed by atoms with Crippen LogP contribution in [0.2, 0.25) is 0 Å². The van der Waals surface area contributed by atoms with E-state index in [2.05, 4.69) is 10.3 Å². The molecule has 78 valence electrons. The molecule has 1 atom stereocenters. The number of rotatable bonds is 5. The van der Waals surface area contributed by atoms with Gasteiger partial charge in [-0.15, -0.1) is 0 Å². The Labute approximate surface area is 83.9 Å². The van der Waals surface area contributed by atoms with Crippen LogP contribution in [0.15, 0.2) is 18.3 Å². The molecular formula is C10H16N2O2. The van der Waals surface area contributed by atoms with Gasteiger partial charge in [0.05, 0.1) is 19.0 Å². The van der Waals surface area contributed by atoms with Crippen LogP contribution < -0.4 is 10.1 Å². The summed E-state index contributed by atoms with van der Waals surface area (Å²) >= 11 is 0.